The van der Waals surface area contributed by atoms with Crippen molar-refractivity contribution in [2.24, 2.45) is 5.92 Å². The molecule has 1 heterocycles. The van der Waals surface area contributed by atoms with Crippen molar-refractivity contribution in [3.8, 4) is 0 Å². The minimum absolute atomic E-state index is 0.00921. The number of ether oxygens (including phenoxy) is 1. The van der Waals surface area contributed by atoms with Gasteiger partial charge < -0.3 is 4.74 Å². The molecule has 1 aromatic rings. The summed E-state index contributed by atoms with van der Waals surface area (Å²) in [6.45, 7) is 5.92. The van der Waals surface area contributed by atoms with Gasteiger partial charge in [0, 0.05) is 0 Å². The van der Waals surface area contributed by atoms with Gasteiger partial charge in [-0.3, -0.25) is 4.79 Å². The number of thiophene rings is 1. The van der Waals surface area contributed by atoms with E-state index in [1.54, 1.807) is 18.3 Å². The van der Waals surface area contributed by atoms with Crippen molar-refractivity contribution < 1.29 is 9.53 Å². The Morgan fingerprint density at radius 1 is 1.38 bits per heavy atom. The summed E-state index contributed by atoms with van der Waals surface area (Å²) in [4.78, 5) is 10.5. The van der Waals surface area contributed by atoms with Crippen LogP contribution >= 0.6 is 11.3 Å². The zero-order valence-electron chi connectivity index (χ0n) is 8.32. The van der Waals surface area contributed by atoms with Crippen LogP contribution in [0, 0.1) is 5.92 Å². The molecule has 0 aliphatic carbocycles. The first-order chi connectivity index (χ1) is 6.18. The molecule has 0 amide bonds. The minimum Gasteiger partial charge on any atom is -0.466 e. The molecule has 0 unspecified atom stereocenters. The highest BCUT2D eigenvalue weighted by molar-refractivity contribution is 7.07. The van der Waals surface area contributed by atoms with Crippen LogP contribution in [0.15, 0.2) is 22.9 Å². The SMILES string of the molecule is CCOC(=O)C(C)C.c1ccsc1. The standard InChI is InChI=1S/C6H12O2.C4H4S/c1-4-8-6(7)5(2)3;1-2-4-5-3-1/h5H,4H2,1-3H3;1-4H. The van der Waals surface area contributed by atoms with Crippen molar-refractivity contribution >= 4 is 17.3 Å². The number of hydrogen-bond acceptors (Lipinski definition) is 3. The highest BCUT2D eigenvalue weighted by atomic mass is 32.1. The third kappa shape index (κ3) is 7.53. The first-order valence-corrected chi connectivity index (χ1v) is 5.26. The molecule has 0 spiro atoms. The molecule has 0 N–H and O–H groups in total. The highest BCUT2D eigenvalue weighted by Gasteiger charge is 2.04. The molecule has 0 saturated heterocycles. The summed E-state index contributed by atoms with van der Waals surface area (Å²) < 4.78 is 4.66. The molecule has 74 valence electrons. The fourth-order valence-electron chi connectivity index (χ4n) is 0.536. The van der Waals surface area contributed by atoms with Crippen molar-refractivity contribution in [1.82, 2.24) is 0 Å². The number of carbonyl (C=O) groups excluding carboxylic acids is 1. The molecule has 1 aromatic heterocycles. The second kappa shape index (κ2) is 7.80. The smallest absolute Gasteiger partial charge is 0.308 e. The minimum atomic E-state index is -0.118. The van der Waals surface area contributed by atoms with Gasteiger partial charge in [0.15, 0.2) is 0 Å². The predicted molar refractivity (Wildman–Crippen MR) is 55.8 cm³/mol. The molecule has 0 radical (unpaired) electrons. The van der Waals surface area contributed by atoms with Gasteiger partial charge >= 0.3 is 5.97 Å². The normalized spacial score (nSPS) is 8.92. The zero-order chi connectivity index (χ0) is 10.1. The topological polar surface area (TPSA) is 26.3 Å². The third-order valence-corrected chi connectivity index (χ3v) is 1.81. The van der Waals surface area contributed by atoms with E-state index in [1.807, 2.05) is 36.7 Å². The van der Waals surface area contributed by atoms with Gasteiger partial charge in [0.2, 0.25) is 0 Å². The summed E-state index contributed by atoms with van der Waals surface area (Å²) >= 11 is 1.71. The Bertz CT molecular complexity index is 187. The number of hydrogen-bond donors (Lipinski definition) is 0. The average molecular weight is 200 g/mol. The van der Waals surface area contributed by atoms with Gasteiger partial charge in [-0.05, 0) is 17.7 Å². The van der Waals surface area contributed by atoms with Gasteiger partial charge in [-0.1, -0.05) is 26.0 Å². The molecule has 0 fully saturated rings. The lowest BCUT2D eigenvalue weighted by Crippen LogP contribution is -2.10. The second-order valence-corrected chi connectivity index (χ2v) is 3.52. The monoisotopic (exact) mass is 200 g/mol. The van der Waals surface area contributed by atoms with Crippen LogP contribution in [0.2, 0.25) is 0 Å². The van der Waals surface area contributed by atoms with E-state index in [2.05, 4.69) is 4.74 Å². The van der Waals surface area contributed by atoms with Crippen LogP contribution in [0.4, 0.5) is 0 Å². The van der Waals surface area contributed by atoms with Crippen molar-refractivity contribution in [2.45, 2.75) is 20.8 Å². The van der Waals surface area contributed by atoms with Crippen LogP contribution in [0.3, 0.4) is 0 Å². The molecule has 1 rings (SSSR count). The summed E-state index contributed by atoms with van der Waals surface area (Å²) in [5.74, 6) is -0.109. The lowest BCUT2D eigenvalue weighted by molar-refractivity contribution is -0.146. The Labute approximate surface area is 83.5 Å². The number of esters is 1. The lowest BCUT2D eigenvalue weighted by Gasteiger charge is -2.01. The van der Waals surface area contributed by atoms with E-state index >= 15 is 0 Å². The fourth-order valence-corrected chi connectivity index (χ4v) is 0.989. The average Bonchev–Trinajstić information content (AvgIpc) is 2.61. The lowest BCUT2D eigenvalue weighted by atomic mass is 10.2. The molecule has 0 saturated carbocycles. The molecule has 0 aliphatic rings. The van der Waals surface area contributed by atoms with Crippen LogP contribution in [0.1, 0.15) is 20.8 Å². The third-order valence-electron chi connectivity index (χ3n) is 1.18. The van der Waals surface area contributed by atoms with Crippen LogP contribution in [-0.2, 0) is 9.53 Å². The van der Waals surface area contributed by atoms with Gasteiger partial charge in [0.25, 0.3) is 0 Å². The maximum atomic E-state index is 10.5. The summed E-state index contributed by atoms with van der Waals surface area (Å²) in [6.07, 6.45) is 0. The van der Waals surface area contributed by atoms with Gasteiger partial charge in [-0.25, -0.2) is 0 Å². The van der Waals surface area contributed by atoms with Gasteiger partial charge in [0.1, 0.15) is 0 Å². The number of carbonyl (C=O) groups is 1. The molecule has 3 heteroatoms. The quantitative estimate of drug-likeness (QED) is 0.686. The molecular weight excluding hydrogens is 184 g/mol. The molecule has 0 atom stereocenters. The van der Waals surface area contributed by atoms with Crippen molar-refractivity contribution in [3.63, 3.8) is 0 Å². The van der Waals surface area contributed by atoms with Crippen LogP contribution < -0.4 is 0 Å². The van der Waals surface area contributed by atoms with Crippen LogP contribution in [0.25, 0.3) is 0 Å². The van der Waals surface area contributed by atoms with E-state index in [-0.39, 0.29) is 11.9 Å². The first kappa shape index (κ1) is 12.2. The second-order valence-electron chi connectivity index (χ2n) is 2.70. The summed E-state index contributed by atoms with van der Waals surface area (Å²) in [5.41, 5.74) is 0. The Morgan fingerprint density at radius 3 is 2.08 bits per heavy atom. The number of rotatable bonds is 2. The maximum absolute atomic E-state index is 10.5. The summed E-state index contributed by atoms with van der Waals surface area (Å²) in [6, 6.07) is 4.04. The van der Waals surface area contributed by atoms with E-state index < -0.39 is 0 Å². The molecule has 0 bridgehead atoms. The van der Waals surface area contributed by atoms with Gasteiger partial charge in [0.05, 0.1) is 12.5 Å². The maximum Gasteiger partial charge on any atom is 0.308 e. The van der Waals surface area contributed by atoms with E-state index in [1.165, 1.54) is 0 Å². The van der Waals surface area contributed by atoms with Gasteiger partial charge in [-0.2, -0.15) is 11.3 Å². The Balaban J connectivity index is 0.000000243. The summed E-state index contributed by atoms with van der Waals surface area (Å²) in [7, 11) is 0. The Hall–Kier alpha value is -0.830. The Kier molecular flexibility index (Phi) is 7.30. The van der Waals surface area contributed by atoms with Crippen LogP contribution in [0.5, 0.6) is 0 Å². The van der Waals surface area contributed by atoms with E-state index in [4.69, 9.17) is 0 Å². The largest absolute Gasteiger partial charge is 0.466 e. The molecule has 2 nitrogen and oxygen atoms in total. The van der Waals surface area contributed by atoms with Crippen LogP contribution in [-0.4, -0.2) is 12.6 Å². The van der Waals surface area contributed by atoms with E-state index in [0.29, 0.717) is 6.61 Å². The highest BCUT2D eigenvalue weighted by Crippen LogP contribution is 1.93. The van der Waals surface area contributed by atoms with E-state index in [9.17, 15) is 4.79 Å². The molecular formula is C10H16O2S. The van der Waals surface area contributed by atoms with Gasteiger partial charge in [-0.15, -0.1) is 0 Å². The molecule has 13 heavy (non-hydrogen) atoms. The van der Waals surface area contributed by atoms with Crippen molar-refractivity contribution in [2.75, 3.05) is 6.61 Å². The van der Waals surface area contributed by atoms with Crippen molar-refractivity contribution in [3.05, 3.63) is 22.9 Å². The Morgan fingerprint density at radius 2 is 1.92 bits per heavy atom. The fraction of sp³-hybridized carbons (Fsp3) is 0.500. The zero-order valence-corrected chi connectivity index (χ0v) is 9.14. The van der Waals surface area contributed by atoms with Crippen molar-refractivity contribution in [1.29, 1.82) is 0 Å². The summed E-state index contributed by atoms with van der Waals surface area (Å²) in [5, 5.41) is 4.08. The molecule has 0 aliphatic heterocycles. The van der Waals surface area contributed by atoms with E-state index in [0.717, 1.165) is 0 Å². The first-order valence-electron chi connectivity index (χ1n) is 4.32. The predicted octanol–water partition coefficient (Wildman–Crippen LogP) is 2.95. The molecule has 0 aromatic carbocycles.